The maximum absolute atomic E-state index is 3.58. The fraction of sp³-hybridized carbons (Fsp3) is 0.684. The van der Waals surface area contributed by atoms with E-state index in [9.17, 15) is 0 Å². The highest BCUT2D eigenvalue weighted by molar-refractivity contribution is 5.21. The van der Waals surface area contributed by atoms with E-state index in [-0.39, 0.29) is 0 Å². The fourth-order valence-corrected chi connectivity index (χ4v) is 3.87. The first-order valence-corrected chi connectivity index (χ1v) is 8.63. The second-order valence-corrected chi connectivity index (χ2v) is 6.80. The van der Waals surface area contributed by atoms with Crippen LogP contribution >= 0.6 is 0 Å². The van der Waals surface area contributed by atoms with Crippen molar-refractivity contribution in [3.63, 3.8) is 0 Å². The molecular formula is C19H32N2. The third kappa shape index (κ3) is 4.08. The molecule has 1 aliphatic rings. The van der Waals surface area contributed by atoms with Crippen molar-refractivity contribution in [2.24, 2.45) is 11.8 Å². The van der Waals surface area contributed by atoms with Gasteiger partial charge in [0, 0.05) is 12.1 Å². The fourth-order valence-electron chi connectivity index (χ4n) is 3.87. The number of benzene rings is 1. The molecule has 0 aliphatic carbocycles. The molecule has 21 heavy (non-hydrogen) atoms. The number of hydrogen-bond donors (Lipinski definition) is 1. The summed E-state index contributed by atoms with van der Waals surface area (Å²) in [6, 6.07) is 11.9. The monoisotopic (exact) mass is 288 g/mol. The van der Waals surface area contributed by atoms with E-state index in [1.165, 1.54) is 37.9 Å². The van der Waals surface area contributed by atoms with E-state index in [4.69, 9.17) is 0 Å². The van der Waals surface area contributed by atoms with E-state index < -0.39 is 0 Å². The Bertz CT molecular complexity index is 393. The molecule has 2 rings (SSSR count). The average Bonchev–Trinajstić information content (AvgIpc) is 2.53. The van der Waals surface area contributed by atoms with Crippen LogP contribution in [0.3, 0.4) is 0 Å². The minimum Gasteiger partial charge on any atom is -0.312 e. The highest BCUT2D eigenvalue weighted by Crippen LogP contribution is 2.30. The van der Waals surface area contributed by atoms with Gasteiger partial charge >= 0.3 is 0 Å². The number of likely N-dealkylation sites (N-methyl/N-ethyl adjacent to an activating group) is 1. The molecule has 1 saturated heterocycles. The second kappa shape index (κ2) is 7.95. The molecule has 0 aromatic heterocycles. The maximum atomic E-state index is 3.58. The minimum atomic E-state index is 0.421. The summed E-state index contributed by atoms with van der Waals surface area (Å²) in [5.74, 6) is 1.60. The molecule has 1 heterocycles. The van der Waals surface area contributed by atoms with Gasteiger partial charge in [-0.3, -0.25) is 4.90 Å². The number of nitrogens with one attached hydrogen (secondary N) is 1. The Hall–Kier alpha value is -0.860. The first-order chi connectivity index (χ1) is 10.2. The molecule has 0 bridgehead atoms. The Morgan fingerprint density at radius 3 is 2.24 bits per heavy atom. The third-order valence-corrected chi connectivity index (χ3v) is 5.14. The Morgan fingerprint density at radius 2 is 1.76 bits per heavy atom. The van der Waals surface area contributed by atoms with Crippen LogP contribution in [0.5, 0.6) is 0 Å². The standard InChI is InChI=1S/C19H32N2/c1-5-16-11-13-21(14-12-16)19(15(2)3)18(20-4)17-9-7-6-8-10-17/h6-10,15-16,18-20H,5,11-14H2,1-4H3. The summed E-state index contributed by atoms with van der Waals surface area (Å²) in [6.07, 6.45) is 4.07. The molecule has 0 amide bonds. The largest absolute Gasteiger partial charge is 0.312 e. The average molecular weight is 288 g/mol. The number of piperidine rings is 1. The quantitative estimate of drug-likeness (QED) is 0.848. The normalized spacial score (nSPS) is 20.6. The Labute approximate surface area is 130 Å². The summed E-state index contributed by atoms with van der Waals surface area (Å²) in [4.78, 5) is 2.73. The lowest BCUT2D eigenvalue weighted by Gasteiger charge is -2.43. The van der Waals surface area contributed by atoms with Gasteiger partial charge in [0.2, 0.25) is 0 Å². The van der Waals surface area contributed by atoms with Crippen molar-refractivity contribution in [3.8, 4) is 0 Å². The molecule has 1 fully saturated rings. The van der Waals surface area contributed by atoms with Crippen LogP contribution in [-0.2, 0) is 0 Å². The first-order valence-electron chi connectivity index (χ1n) is 8.63. The molecule has 118 valence electrons. The molecule has 2 unspecified atom stereocenters. The summed E-state index contributed by atoms with van der Waals surface area (Å²) in [6.45, 7) is 9.58. The van der Waals surface area contributed by atoms with Gasteiger partial charge < -0.3 is 5.32 Å². The number of rotatable bonds is 6. The van der Waals surface area contributed by atoms with Crippen molar-refractivity contribution in [2.75, 3.05) is 20.1 Å². The van der Waals surface area contributed by atoms with Gasteiger partial charge in [-0.2, -0.15) is 0 Å². The highest BCUT2D eigenvalue weighted by Gasteiger charge is 2.32. The van der Waals surface area contributed by atoms with Gasteiger partial charge in [0.05, 0.1) is 0 Å². The number of nitrogens with zero attached hydrogens (tertiary/aromatic N) is 1. The van der Waals surface area contributed by atoms with Crippen LogP contribution < -0.4 is 5.32 Å². The van der Waals surface area contributed by atoms with Crippen LogP contribution in [0.1, 0.15) is 51.6 Å². The molecule has 2 atom stereocenters. The van der Waals surface area contributed by atoms with E-state index in [2.05, 4.69) is 68.4 Å². The van der Waals surface area contributed by atoms with Crippen LogP contribution in [0.2, 0.25) is 0 Å². The van der Waals surface area contributed by atoms with Crippen molar-refractivity contribution in [1.82, 2.24) is 10.2 Å². The SMILES string of the molecule is CCC1CCN(C(C(C)C)C(NC)c2ccccc2)CC1. The van der Waals surface area contributed by atoms with Crippen LogP contribution in [0, 0.1) is 11.8 Å². The lowest BCUT2D eigenvalue weighted by atomic mass is 9.86. The molecule has 1 N–H and O–H groups in total. The summed E-state index contributed by atoms with van der Waals surface area (Å²) >= 11 is 0. The molecule has 0 saturated carbocycles. The van der Waals surface area contributed by atoms with Crippen molar-refractivity contribution < 1.29 is 0 Å². The number of likely N-dealkylation sites (tertiary alicyclic amines) is 1. The first kappa shape index (κ1) is 16.5. The highest BCUT2D eigenvalue weighted by atomic mass is 15.2. The van der Waals surface area contributed by atoms with Gasteiger partial charge in [0.1, 0.15) is 0 Å². The lowest BCUT2D eigenvalue weighted by Crippen LogP contribution is -2.50. The predicted molar refractivity (Wildman–Crippen MR) is 91.5 cm³/mol. The Morgan fingerprint density at radius 1 is 1.14 bits per heavy atom. The Balaban J connectivity index is 2.14. The molecule has 1 aliphatic heterocycles. The van der Waals surface area contributed by atoms with Crippen LogP contribution in [0.4, 0.5) is 0 Å². The predicted octanol–water partition coefficient (Wildman–Crippen LogP) is 4.09. The van der Waals surface area contributed by atoms with Crippen LogP contribution in [-0.4, -0.2) is 31.1 Å². The second-order valence-electron chi connectivity index (χ2n) is 6.80. The molecule has 2 heteroatoms. The van der Waals surface area contributed by atoms with E-state index in [1.807, 2.05) is 0 Å². The Kier molecular flexibility index (Phi) is 6.25. The van der Waals surface area contributed by atoms with E-state index >= 15 is 0 Å². The third-order valence-electron chi connectivity index (χ3n) is 5.14. The molecule has 2 nitrogen and oxygen atoms in total. The van der Waals surface area contributed by atoms with Gasteiger partial charge in [-0.05, 0) is 50.4 Å². The molecule has 1 aromatic carbocycles. The van der Waals surface area contributed by atoms with Gasteiger partial charge in [-0.1, -0.05) is 57.5 Å². The lowest BCUT2D eigenvalue weighted by molar-refractivity contribution is 0.0783. The zero-order chi connectivity index (χ0) is 15.2. The zero-order valence-electron chi connectivity index (χ0n) is 14.2. The summed E-state index contributed by atoms with van der Waals surface area (Å²) in [7, 11) is 2.10. The van der Waals surface area contributed by atoms with Gasteiger partial charge in [-0.15, -0.1) is 0 Å². The van der Waals surface area contributed by atoms with Crippen molar-refractivity contribution >= 4 is 0 Å². The molecule has 0 spiro atoms. The van der Waals surface area contributed by atoms with Crippen molar-refractivity contribution in [3.05, 3.63) is 35.9 Å². The maximum Gasteiger partial charge on any atom is 0.0478 e. The van der Waals surface area contributed by atoms with Crippen LogP contribution in [0.15, 0.2) is 30.3 Å². The molecular weight excluding hydrogens is 256 g/mol. The van der Waals surface area contributed by atoms with E-state index in [1.54, 1.807) is 0 Å². The van der Waals surface area contributed by atoms with Crippen LogP contribution in [0.25, 0.3) is 0 Å². The number of hydrogen-bond acceptors (Lipinski definition) is 2. The zero-order valence-corrected chi connectivity index (χ0v) is 14.2. The van der Waals surface area contributed by atoms with Crippen molar-refractivity contribution in [1.29, 1.82) is 0 Å². The molecule has 1 aromatic rings. The smallest absolute Gasteiger partial charge is 0.0478 e. The minimum absolute atomic E-state index is 0.421. The topological polar surface area (TPSA) is 15.3 Å². The summed E-state index contributed by atoms with van der Waals surface area (Å²) < 4.78 is 0. The summed E-state index contributed by atoms with van der Waals surface area (Å²) in [5, 5.41) is 3.58. The van der Waals surface area contributed by atoms with E-state index in [0.29, 0.717) is 18.0 Å². The van der Waals surface area contributed by atoms with E-state index in [0.717, 1.165) is 5.92 Å². The van der Waals surface area contributed by atoms with Gasteiger partial charge in [0.15, 0.2) is 0 Å². The molecule has 0 radical (unpaired) electrons. The van der Waals surface area contributed by atoms with Gasteiger partial charge in [0.25, 0.3) is 0 Å². The van der Waals surface area contributed by atoms with Crippen molar-refractivity contribution in [2.45, 2.75) is 52.1 Å². The van der Waals surface area contributed by atoms with Gasteiger partial charge in [-0.25, -0.2) is 0 Å². The summed E-state index contributed by atoms with van der Waals surface area (Å²) in [5.41, 5.74) is 1.41.